The normalized spacial score (nSPS) is 10.2. The molecular weight excluding hydrogens is 252 g/mol. The van der Waals surface area contributed by atoms with Crippen molar-refractivity contribution >= 4 is 17.7 Å². The van der Waals surface area contributed by atoms with Gasteiger partial charge >= 0.3 is 12.0 Å². The summed E-state index contributed by atoms with van der Waals surface area (Å²) in [6, 6.07) is -0.342. The smallest absolute Gasteiger partial charge is 0.325 e. The largest absolute Gasteiger partial charge is 0.480 e. The topological polar surface area (TPSA) is 108 Å². The van der Waals surface area contributed by atoms with Crippen LogP contribution in [0.15, 0.2) is 12.4 Å². The first-order valence-corrected chi connectivity index (χ1v) is 5.97. The monoisotopic (exact) mass is 270 g/mol. The summed E-state index contributed by atoms with van der Waals surface area (Å²) in [4.78, 5) is 23.8. The van der Waals surface area contributed by atoms with E-state index in [4.69, 9.17) is 10.2 Å². The maximum atomic E-state index is 11.9. The molecule has 0 bridgehead atoms. The molecule has 8 heteroatoms. The highest BCUT2D eigenvalue weighted by molar-refractivity contribution is 5.89. The van der Waals surface area contributed by atoms with E-state index in [0.717, 1.165) is 6.42 Å². The van der Waals surface area contributed by atoms with Gasteiger partial charge < -0.3 is 20.4 Å². The summed E-state index contributed by atoms with van der Waals surface area (Å²) in [6.07, 6.45) is 3.60. The van der Waals surface area contributed by atoms with Gasteiger partial charge in [-0.2, -0.15) is 5.10 Å². The molecule has 106 valence electrons. The SMILES string of the molecule is CCCN(CCO)C(=O)Nc1cnn(CC(=O)O)c1. The molecule has 0 saturated carbocycles. The molecule has 0 aliphatic carbocycles. The Morgan fingerprint density at radius 3 is 2.79 bits per heavy atom. The van der Waals surface area contributed by atoms with Gasteiger partial charge in [0.15, 0.2) is 0 Å². The van der Waals surface area contributed by atoms with Gasteiger partial charge in [-0.1, -0.05) is 6.92 Å². The zero-order chi connectivity index (χ0) is 14.3. The maximum Gasteiger partial charge on any atom is 0.325 e. The molecule has 1 rings (SSSR count). The van der Waals surface area contributed by atoms with Crippen molar-refractivity contribution < 1.29 is 19.8 Å². The van der Waals surface area contributed by atoms with Gasteiger partial charge in [-0.05, 0) is 6.42 Å². The van der Waals surface area contributed by atoms with Gasteiger partial charge in [0.1, 0.15) is 6.54 Å². The number of carbonyl (C=O) groups is 2. The number of carbonyl (C=O) groups excluding carboxylic acids is 1. The Bertz CT molecular complexity index is 426. The second-order valence-electron chi connectivity index (χ2n) is 3.96. The van der Waals surface area contributed by atoms with Crippen LogP contribution < -0.4 is 5.32 Å². The van der Waals surface area contributed by atoms with Crippen LogP contribution in [0.3, 0.4) is 0 Å². The number of carboxylic acids is 1. The lowest BCUT2D eigenvalue weighted by atomic mass is 10.4. The van der Waals surface area contributed by atoms with Crippen molar-refractivity contribution in [1.82, 2.24) is 14.7 Å². The lowest BCUT2D eigenvalue weighted by molar-refractivity contribution is -0.137. The van der Waals surface area contributed by atoms with E-state index in [1.54, 1.807) is 0 Å². The van der Waals surface area contributed by atoms with E-state index in [9.17, 15) is 9.59 Å². The molecule has 0 spiro atoms. The fraction of sp³-hybridized carbons (Fsp3) is 0.545. The maximum absolute atomic E-state index is 11.9. The Morgan fingerprint density at radius 1 is 1.47 bits per heavy atom. The Balaban J connectivity index is 2.59. The Morgan fingerprint density at radius 2 is 2.21 bits per heavy atom. The van der Waals surface area contributed by atoms with Gasteiger partial charge in [0.25, 0.3) is 0 Å². The lowest BCUT2D eigenvalue weighted by Gasteiger charge is -2.20. The number of aliphatic hydroxyl groups excluding tert-OH is 1. The highest BCUT2D eigenvalue weighted by atomic mass is 16.4. The number of urea groups is 1. The number of carboxylic acid groups (broad SMARTS) is 1. The third-order valence-electron chi connectivity index (χ3n) is 2.33. The van der Waals surface area contributed by atoms with Crippen LogP contribution >= 0.6 is 0 Å². The number of hydrogen-bond acceptors (Lipinski definition) is 4. The van der Waals surface area contributed by atoms with E-state index < -0.39 is 5.97 Å². The van der Waals surface area contributed by atoms with Crippen LogP contribution in [0.4, 0.5) is 10.5 Å². The van der Waals surface area contributed by atoms with Gasteiger partial charge in [0.05, 0.1) is 18.5 Å². The molecule has 8 nitrogen and oxygen atoms in total. The van der Waals surface area contributed by atoms with Gasteiger partial charge in [0.2, 0.25) is 0 Å². The first-order chi connectivity index (χ1) is 9.06. The summed E-state index contributed by atoms with van der Waals surface area (Å²) in [5.41, 5.74) is 0.422. The van der Waals surface area contributed by atoms with Crippen LogP contribution in [0.1, 0.15) is 13.3 Å². The average molecular weight is 270 g/mol. The molecular formula is C11H18N4O4. The number of aliphatic hydroxyl groups is 1. The van der Waals surface area contributed by atoms with Crippen LogP contribution in [0.25, 0.3) is 0 Å². The molecule has 1 aromatic heterocycles. The number of aromatic nitrogens is 2. The quantitative estimate of drug-likeness (QED) is 0.656. The molecule has 0 radical (unpaired) electrons. The summed E-state index contributed by atoms with van der Waals surface area (Å²) >= 11 is 0. The number of amides is 2. The van der Waals surface area contributed by atoms with E-state index >= 15 is 0 Å². The number of hydrogen-bond donors (Lipinski definition) is 3. The number of anilines is 1. The Hall–Kier alpha value is -2.09. The molecule has 2 amide bonds. The van der Waals surface area contributed by atoms with E-state index in [2.05, 4.69) is 10.4 Å². The summed E-state index contributed by atoms with van der Waals surface area (Å²) in [5, 5.41) is 23.9. The van der Waals surface area contributed by atoms with Crippen LogP contribution in [0.5, 0.6) is 0 Å². The predicted molar refractivity (Wildman–Crippen MR) is 67.8 cm³/mol. The van der Waals surface area contributed by atoms with Crippen molar-refractivity contribution in [3.8, 4) is 0 Å². The standard InChI is InChI=1S/C11H18N4O4/c1-2-3-14(4-5-16)11(19)13-9-6-12-15(7-9)8-10(17)18/h6-7,16H,2-5,8H2,1H3,(H,13,19)(H,17,18). The summed E-state index contributed by atoms with van der Waals surface area (Å²) in [7, 11) is 0. The fourth-order valence-electron chi connectivity index (χ4n) is 1.56. The van der Waals surface area contributed by atoms with E-state index in [1.165, 1.54) is 22.0 Å². The fourth-order valence-corrected chi connectivity index (χ4v) is 1.56. The van der Waals surface area contributed by atoms with Gasteiger partial charge in [-0.25, -0.2) is 4.79 Å². The second kappa shape index (κ2) is 7.37. The molecule has 0 fully saturated rings. The zero-order valence-electron chi connectivity index (χ0n) is 10.7. The van der Waals surface area contributed by atoms with Crippen molar-refractivity contribution in [2.75, 3.05) is 25.0 Å². The first-order valence-electron chi connectivity index (χ1n) is 5.97. The summed E-state index contributed by atoms with van der Waals surface area (Å²) in [5.74, 6) is -1.01. The number of rotatable bonds is 7. The number of nitrogens with zero attached hydrogens (tertiary/aromatic N) is 3. The van der Waals surface area contributed by atoms with Crippen molar-refractivity contribution in [2.24, 2.45) is 0 Å². The number of aliphatic carboxylic acids is 1. The van der Waals surface area contributed by atoms with Crippen LogP contribution in [-0.4, -0.2) is 56.6 Å². The minimum Gasteiger partial charge on any atom is -0.480 e. The van der Waals surface area contributed by atoms with Crippen molar-refractivity contribution in [3.05, 3.63) is 12.4 Å². The summed E-state index contributed by atoms with van der Waals surface area (Å²) < 4.78 is 1.22. The zero-order valence-corrected chi connectivity index (χ0v) is 10.7. The summed E-state index contributed by atoms with van der Waals surface area (Å²) in [6.45, 7) is 2.36. The van der Waals surface area contributed by atoms with Crippen molar-refractivity contribution in [2.45, 2.75) is 19.9 Å². The molecule has 1 heterocycles. The molecule has 0 aliphatic heterocycles. The highest BCUT2D eigenvalue weighted by Crippen LogP contribution is 2.06. The van der Waals surface area contributed by atoms with Gasteiger partial charge in [0, 0.05) is 19.3 Å². The Kier molecular flexibility index (Phi) is 5.80. The van der Waals surface area contributed by atoms with Gasteiger partial charge in [-0.15, -0.1) is 0 Å². The van der Waals surface area contributed by atoms with Crippen LogP contribution in [-0.2, 0) is 11.3 Å². The van der Waals surface area contributed by atoms with E-state index in [1.807, 2.05) is 6.92 Å². The molecule has 0 atom stereocenters. The first kappa shape index (κ1) is 15.0. The van der Waals surface area contributed by atoms with Crippen molar-refractivity contribution in [1.29, 1.82) is 0 Å². The van der Waals surface area contributed by atoms with E-state index in [0.29, 0.717) is 12.2 Å². The molecule has 0 aliphatic rings. The lowest BCUT2D eigenvalue weighted by Crippen LogP contribution is -2.37. The van der Waals surface area contributed by atoms with E-state index in [-0.39, 0.29) is 25.7 Å². The molecule has 3 N–H and O–H groups in total. The minimum atomic E-state index is -1.01. The molecule has 19 heavy (non-hydrogen) atoms. The number of nitrogens with one attached hydrogen (secondary N) is 1. The third kappa shape index (κ3) is 4.96. The minimum absolute atomic E-state index is 0.105. The van der Waals surface area contributed by atoms with Crippen LogP contribution in [0, 0.1) is 0 Å². The molecule has 1 aromatic rings. The Labute approximate surface area is 110 Å². The van der Waals surface area contributed by atoms with Crippen molar-refractivity contribution in [3.63, 3.8) is 0 Å². The predicted octanol–water partition coefficient (Wildman–Crippen LogP) is 0.204. The average Bonchev–Trinajstić information content (AvgIpc) is 2.75. The second-order valence-corrected chi connectivity index (χ2v) is 3.96. The van der Waals surface area contributed by atoms with Gasteiger partial charge in [-0.3, -0.25) is 9.48 Å². The molecule has 0 unspecified atom stereocenters. The highest BCUT2D eigenvalue weighted by Gasteiger charge is 2.13. The molecule has 0 saturated heterocycles. The molecule has 0 aromatic carbocycles. The third-order valence-corrected chi connectivity index (χ3v) is 2.33. The van der Waals surface area contributed by atoms with Crippen LogP contribution in [0.2, 0.25) is 0 Å².